The number of rotatable bonds is 2. The number of aryl methyl sites for hydroxylation is 1. The number of nitrogens with two attached hydrogens (primary N) is 1. The fraction of sp³-hybridized carbons (Fsp3) is 0.333. The summed E-state index contributed by atoms with van der Waals surface area (Å²) in [5.41, 5.74) is 9.67. The number of nitrogens with one attached hydrogen (secondary N) is 1. The standard InChI is InChI=1S/C12H15N7/c1-6(2)19-4-8(7(3)18-19)9-10-11(15-5-14-10)17-12(13)16-9/h4-6H,1-3H3,(H3,13,14,15,16,17). The average molecular weight is 257 g/mol. The Morgan fingerprint density at radius 1 is 1.32 bits per heavy atom. The van der Waals surface area contributed by atoms with Gasteiger partial charge in [-0.25, -0.2) is 9.97 Å². The molecule has 0 spiro atoms. The molecule has 0 atom stereocenters. The predicted octanol–water partition coefficient (Wildman–Crippen LogP) is 1.69. The smallest absolute Gasteiger partial charge is 0.222 e. The van der Waals surface area contributed by atoms with Crippen LogP contribution in [-0.4, -0.2) is 29.7 Å². The molecule has 0 aliphatic rings. The van der Waals surface area contributed by atoms with Gasteiger partial charge in [-0.2, -0.15) is 10.1 Å². The monoisotopic (exact) mass is 257 g/mol. The lowest BCUT2D eigenvalue weighted by Gasteiger charge is -2.03. The molecule has 3 rings (SSSR count). The van der Waals surface area contributed by atoms with E-state index in [-0.39, 0.29) is 5.95 Å². The summed E-state index contributed by atoms with van der Waals surface area (Å²) in [5, 5.41) is 4.49. The first-order chi connectivity index (χ1) is 9.06. The van der Waals surface area contributed by atoms with Crippen LogP contribution in [0.1, 0.15) is 25.6 Å². The van der Waals surface area contributed by atoms with E-state index < -0.39 is 0 Å². The maximum absolute atomic E-state index is 5.73. The third-order valence-corrected chi connectivity index (χ3v) is 3.00. The van der Waals surface area contributed by atoms with Gasteiger partial charge in [-0.15, -0.1) is 0 Å². The quantitative estimate of drug-likeness (QED) is 0.727. The van der Waals surface area contributed by atoms with Crippen molar-refractivity contribution in [2.75, 3.05) is 5.73 Å². The molecular formula is C12H15N7. The zero-order chi connectivity index (χ0) is 13.6. The number of hydrogen-bond acceptors (Lipinski definition) is 5. The Hall–Kier alpha value is -2.44. The molecule has 0 unspecified atom stereocenters. The molecule has 3 N–H and O–H groups in total. The molecule has 7 heteroatoms. The van der Waals surface area contributed by atoms with Gasteiger partial charge in [-0.05, 0) is 20.8 Å². The van der Waals surface area contributed by atoms with Crippen LogP contribution in [0.15, 0.2) is 12.5 Å². The van der Waals surface area contributed by atoms with E-state index in [4.69, 9.17) is 5.73 Å². The molecular weight excluding hydrogens is 242 g/mol. The molecule has 0 saturated heterocycles. The first-order valence-electron chi connectivity index (χ1n) is 6.09. The first kappa shape index (κ1) is 11.6. The van der Waals surface area contributed by atoms with Crippen LogP contribution in [-0.2, 0) is 0 Å². The molecule has 0 saturated carbocycles. The van der Waals surface area contributed by atoms with Crippen LogP contribution >= 0.6 is 0 Å². The highest BCUT2D eigenvalue weighted by Gasteiger charge is 2.16. The van der Waals surface area contributed by atoms with Crippen LogP contribution < -0.4 is 5.73 Å². The first-order valence-corrected chi connectivity index (χ1v) is 6.09. The number of nitrogens with zero attached hydrogens (tertiary/aromatic N) is 5. The van der Waals surface area contributed by atoms with Gasteiger partial charge in [-0.3, -0.25) is 4.68 Å². The topological polar surface area (TPSA) is 98.3 Å². The van der Waals surface area contributed by atoms with Gasteiger partial charge in [0, 0.05) is 17.8 Å². The van der Waals surface area contributed by atoms with Gasteiger partial charge in [0.05, 0.1) is 12.0 Å². The molecule has 0 bridgehead atoms. The summed E-state index contributed by atoms with van der Waals surface area (Å²) in [4.78, 5) is 15.6. The van der Waals surface area contributed by atoms with Crippen molar-refractivity contribution in [1.29, 1.82) is 0 Å². The Balaban J connectivity index is 2.26. The summed E-state index contributed by atoms with van der Waals surface area (Å²) in [7, 11) is 0. The molecule has 3 aromatic heterocycles. The second-order valence-electron chi connectivity index (χ2n) is 4.73. The maximum atomic E-state index is 5.73. The highest BCUT2D eigenvalue weighted by Crippen LogP contribution is 2.27. The fourth-order valence-electron chi connectivity index (χ4n) is 2.02. The van der Waals surface area contributed by atoms with Crippen LogP contribution in [0.2, 0.25) is 0 Å². The second-order valence-corrected chi connectivity index (χ2v) is 4.73. The Morgan fingerprint density at radius 2 is 2.11 bits per heavy atom. The zero-order valence-electron chi connectivity index (χ0n) is 11.0. The Kier molecular flexibility index (Phi) is 2.48. The van der Waals surface area contributed by atoms with Crippen molar-refractivity contribution >= 4 is 17.1 Å². The molecule has 0 aromatic carbocycles. The molecule has 0 aliphatic carbocycles. The molecule has 3 aromatic rings. The van der Waals surface area contributed by atoms with E-state index in [1.165, 1.54) is 0 Å². The molecule has 7 nitrogen and oxygen atoms in total. The van der Waals surface area contributed by atoms with Crippen LogP contribution in [0.5, 0.6) is 0 Å². The van der Waals surface area contributed by atoms with Crippen molar-refractivity contribution < 1.29 is 0 Å². The minimum absolute atomic E-state index is 0.214. The fourth-order valence-corrected chi connectivity index (χ4v) is 2.02. The third-order valence-electron chi connectivity index (χ3n) is 3.00. The van der Waals surface area contributed by atoms with E-state index in [1.54, 1.807) is 6.33 Å². The zero-order valence-corrected chi connectivity index (χ0v) is 11.0. The van der Waals surface area contributed by atoms with E-state index in [9.17, 15) is 0 Å². The van der Waals surface area contributed by atoms with Crippen LogP contribution in [0, 0.1) is 6.92 Å². The van der Waals surface area contributed by atoms with Gasteiger partial charge in [-0.1, -0.05) is 0 Å². The van der Waals surface area contributed by atoms with E-state index >= 15 is 0 Å². The van der Waals surface area contributed by atoms with Crippen LogP contribution in [0.25, 0.3) is 22.4 Å². The van der Waals surface area contributed by atoms with Gasteiger partial charge in [0.1, 0.15) is 11.2 Å². The van der Waals surface area contributed by atoms with E-state index in [2.05, 4.69) is 38.9 Å². The van der Waals surface area contributed by atoms with Gasteiger partial charge in [0.15, 0.2) is 5.65 Å². The van der Waals surface area contributed by atoms with E-state index in [0.29, 0.717) is 11.7 Å². The van der Waals surface area contributed by atoms with Gasteiger partial charge >= 0.3 is 0 Å². The summed E-state index contributed by atoms with van der Waals surface area (Å²) in [6, 6.07) is 0.295. The van der Waals surface area contributed by atoms with Crippen molar-refractivity contribution in [2.45, 2.75) is 26.8 Å². The number of hydrogen-bond donors (Lipinski definition) is 2. The summed E-state index contributed by atoms with van der Waals surface area (Å²) in [6.45, 7) is 6.11. The predicted molar refractivity (Wildman–Crippen MR) is 72.4 cm³/mol. The maximum Gasteiger partial charge on any atom is 0.222 e. The lowest BCUT2D eigenvalue weighted by atomic mass is 10.1. The third kappa shape index (κ3) is 1.83. The Labute approximate surface area is 109 Å². The summed E-state index contributed by atoms with van der Waals surface area (Å²) in [5.74, 6) is 0.214. The summed E-state index contributed by atoms with van der Waals surface area (Å²) >= 11 is 0. The number of anilines is 1. The molecule has 98 valence electrons. The SMILES string of the molecule is Cc1nn(C(C)C)cc1-c1nc(N)nc2nc[nH]c12. The molecule has 0 fully saturated rings. The van der Waals surface area contributed by atoms with Crippen molar-refractivity contribution in [3.63, 3.8) is 0 Å². The molecule has 3 heterocycles. The number of fused-ring (bicyclic) bond motifs is 1. The van der Waals surface area contributed by atoms with Gasteiger partial charge in [0.2, 0.25) is 5.95 Å². The number of H-pyrrole nitrogens is 1. The van der Waals surface area contributed by atoms with Crippen molar-refractivity contribution in [2.24, 2.45) is 0 Å². The average Bonchev–Trinajstić information content (AvgIpc) is 2.94. The van der Waals surface area contributed by atoms with E-state index in [1.807, 2.05) is 17.8 Å². The molecule has 0 aliphatic heterocycles. The minimum Gasteiger partial charge on any atom is -0.368 e. The minimum atomic E-state index is 0.214. The van der Waals surface area contributed by atoms with E-state index in [0.717, 1.165) is 22.5 Å². The van der Waals surface area contributed by atoms with Crippen LogP contribution in [0.4, 0.5) is 5.95 Å². The Morgan fingerprint density at radius 3 is 2.79 bits per heavy atom. The van der Waals surface area contributed by atoms with Gasteiger partial charge < -0.3 is 10.7 Å². The van der Waals surface area contributed by atoms with Crippen molar-refractivity contribution in [3.05, 3.63) is 18.2 Å². The number of imidazole rings is 1. The Bertz CT molecular complexity index is 738. The lowest BCUT2D eigenvalue weighted by Crippen LogP contribution is -2.00. The second kappa shape index (κ2) is 4.04. The van der Waals surface area contributed by atoms with Crippen molar-refractivity contribution in [1.82, 2.24) is 29.7 Å². The number of aromatic amines is 1. The summed E-state index contributed by atoms with van der Waals surface area (Å²) < 4.78 is 1.91. The summed E-state index contributed by atoms with van der Waals surface area (Å²) in [6.07, 6.45) is 3.56. The highest BCUT2D eigenvalue weighted by atomic mass is 15.3. The molecule has 19 heavy (non-hydrogen) atoms. The normalized spacial score (nSPS) is 11.6. The molecule has 0 radical (unpaired) electrons. The lowest BCUT2D eigenvalue weighted by molar-refractivity contribution is 0.529. The molecule has 0 amide bonds. The number of aromatic nitrogens is 6. The van der Waals surface area contributed by atoms with Crippen LogP contribution in [0.3, 0.4) is 0 Å². The largest absolute Gasteiger partial charge is 0.368 e. The van der Waals surface area contributed by atoms with Crippen molar-refractivity contribution in [3.8, 4) is 11.3 Å². The number of nitrogen functional groups attached to an aromatic ring is 1. The van der Waals surface area contributed by atoms with Gasteiger partial charge in [0.25, 0.3) is 0 Å². The highest BCUT2D eigenvalue weighted by molar-refractivity contribution is 5.88.